The maximum absolute atomic E-state index is 14.2. The maximum atomic E-state index is 14.2. The molecule has 1 heterocycles. The van der Waals surface area contributed by atoms with Gasteiger partial charge in [-0.05, 0) is 31.0 Å². The van der Waals surface area contributed by atoms with Crippen molar-refractivity contribution in [2.45, 2.75) is 18.6 Å². The molecular formula is C20H23FN4O2S. The summed E-state index contributed by atoms with van der Waals surface area (Å²) in [6, 6.07) is 15.0. The molecule has 148 valence electrons. The van der Waals surface area contributed by atoms with Gasteiger partial charge in [0, 0.05) is 24.7 Å². The molecule has 8 heteroatoms. The Morgan fingerprint density at radius 3 is 2.61 bits per heavy atom. The largest absolute Gasteiger partial charge is 0.292 e. The van der Waals surface area contributed by atoms with Crippen LogP contribution in [0.2, 0.25) is 0 Å². The first-order valence-electron chi connectivity index (χ1n) is 9.08. The Morgan fingerprint density at radius 1 is 1.18 bits per heavy atom. The van der Waals surface area contributed by atoms with Crippen LogP contribution in [0.4, 0.5) is 4.39 Å². The van der Waals surface area contributed by atoms with E-state index >= 15 is 0 Å². The van der Waals surface area contributed by atoms with E-state index in [9.17, 15) is 13.4 Å². The average molecular weight is 402 g/mol. The van der Waals surface area contributed by atoms with Crippen LogP contribution in [-0.2, 0) is 15.7 Å². The third kappa shape index (κ3) is 4.56. The predicted octanol–water partition coefficient (Wildman–Crippen LogP) is 3.22. The summed E-state index contributed by atoms with van der Waals surface area (Å²) in [6.07, 6.45) is 1.52. The van der Waals surface area contributed by atoms with Crippen LogP contribution in [-0.4, -0.2) is 40.5 Å². The molecule has 6 nitrogen and oxygen atoms in total. The number of hydrogen-bond acceptors (Lipinski definition) is 4. The summed E-state index contributed by atoms with van der Waals surface area (Å²) in [5.74, 6) is -0.660. The van der Waals surface area contributed by atoms with Gasteiger partial charge in [-0.3, -0.25) is 19.4 Å². The van der Waals surface area contributed by atoms with Crippen molar-refractivity contribution in [2.24, 2.45) is 9.36 Å². The van der Waals surface area contributed by atoms with Crippen molar-refractivity contribution < 1.29 is 13.4 Å². The lowest BCUT2D eigenvalue weighted by atomic mass is 10.2. The van der Waals surface area contributed by atoms with Gasteiger partial charge in [0.1, 0.15) is 15.7 Å². The zero-order chi connectivity index (χ0) is 20.0. The number of hydrogen-bond donors (Lipinski definition) is 1. The van der Waals surface area contributed by atoms with Gasteiger partial charge in [-0.2, -0.15) is 0 Å². The minimum Gasteiger partial charge on any atom is -0.292 e. The first kappa shape index (κ1) is 20.0. The number of carbonyl (C=O) groups excluding carboxylic acids is 1. The first-order chi connectivity index (χ1) is 13.5. The summed E-state index contributed by atoms with van der Waals surface area (Å²) in [6.45, 7) is 0.839. The van der Waals surface area contributed by atoms with Crippen LogP contribution in [0.3, 0.4) is 0 Å². The smallest absolute Gasteiger partial charge is 0.257 e. The molecule has 0 radical (unpaired) electrons. The Kier molecular flexibility index (Phi) is 6.41. The Bertz CT molecular complexity index is 985. The molecule has 1 N–H and O–H groups in total. The van der Waals surface area contributed by atoms with Crippen LogP contribution in [0.5, 0.6) is 0 Å². The van der Waals surface area contributed by atoms with E-state index in [1.807, 2.05) is 6.07 Å². The summed E-state index contributed by atoms with van der Waals surface area (Å²) in [7, 11) is -1.49. The SMILES string of the molecule is CN=C(NC(=O)c1ccccc1)N1CCCCN=S1(=O)Cc1ccccc1F. The molecule has 0 bridgehead atoms. The number of guanidine groups is 1. The van der Waals surface area contributed by atoms with Crippen LogP contribution >= 0.6 is 0 Å². The van der Waals surface area contributed by atoms with Gasteiger partial charge in [0.15, 0.2) is 0 Å². The highest BCUT2D eigenvalue weighted by atomic mass is 32.2. The Labute approximate surface area is 164 Å². The van der Waals surface area contributed by atoms with E-state index < -0.39 is 15.7 Å². The molecule has 0 saturated heterocycles. The molecule has 1 unspecified atom stereocenters. The second-order valence-electron chi connectivity index (χ2n) is 6.37. The summed E-state index contributed by atoms with van der Waals surface area (Å²) in [5.41, 5.74) is 0.795. The van der Waals surface area contributed by atoms with Crippen LogP contribution in [0.25, 0.3) is 0 Å². The summed E-state index contributed by atoms with van der Waals surface area (Å²) >= 11 is 0. The van der Waals surface area contributed by atoms with Gasteiger partial charge in [0.2, 0.25) is 5.96 Å². The van der Waals surface area contributed by atoms with Gasteiger partial charge in [-0.25, -0.2) is 13.0 Å². The van der Waals surface area contributed by atoms with Gasteiger partial charge in [0.05, 0.1) is 12.3 Å². The van der Waals surface area contributed by atoms with Crippen LogP contribution < -0.4 is 5.32 Å². The number of rotatable bonds is 3. The van der Waals surface area contributed by atoms with Crippen LogP contribution in [0.15, 0.2) is 64.0 Å². The number of amides is 1. The summed E-state index contributed by atoms with van der Waals surface area (Å²) in [4.78, 5) is 16.7. The fourth-order valence-electron chi connectivity index (χ4n) is 2.96. The van der Waals surface area contributed by atoms with Crippen molar-refractivity contribution in [3.8, 4) is 0 Å². The average Bonchev–Trinajstić information content (AvgIpc) is 2.90. The van der Waals surface area contributed by atoms with Gasteiger partial charge in [-0.15, -0.1) is 0 Å². The Balaban J connectivity index is 1.90. The lowest BCUT2D eigenvalue weighted by molar-refractivity contribution is 0.0974. The van der Waals surface area contributed by atoms with Crippen molar-refractivity contribution in [3.63, 3.8) is 0 Å². The molecule has 2 aromatic rings. The quantitative estimate of drug-likeness (QED) is 0.632. The van der Waals surface area contributed by atoms with Crippen molar-refractivity contribution in [1.29, 1.82) is 0 Å². The van der Waals surface area contributed by atoms with E-state index in [-0.39, 0.29) is 17.6 Å². The van der Waals surface area contributed by atoms with Gasteiger partial charge in [0.25, 0.3) is 5.91 Å². The molecule has 1 atom stereocenters. The number of benzene rings is 2. The van der Waals surface area contributed by atoms with Crippen molar-refractivity contribution >= 4 is 21.8 Å². The van der Waals surface area contributed by atoms with Gasteiger partial charge >= 0.3 is 0 Å². The molecule has 0 aliphatic carbocycles. The maximum Gasteiger partial charge on any atom is 0.257 e. The zero-order valence-corrected chi connectivity index (χ0v) is 16.5. The molecule has 0 saturated carbocycles. The Hall–Kier alpha value is -2.74. The molecule has 0 fully saturated rings. The minimum atomic E-state index is -3.01. The predicted molar refractivity (Wildman–Crippen MR) is 109 cm³/mol. The summed E-state index contributed by atoms with van der Waals surface area (Å²) in [5, 5.41) is 2.74. The molecule has 2 aromatic carbocycles. The van der Waals surface area contributed by atoms with Gasteiger partial charge in [-0.1, -0.05) is 36.4 Å². The number of nitrogens with zero attached hydrogens (tertiary/aromatic N) is 3. The zero-order valence-electron chi connectivity index (χ0n) is 15.7. The first-order valence-corrected chi connectivity index (χ1v) is 10.7. The van der Waals surface area contributed by atoms with E-state index in [4.69, 9.17) is 0 Å². The molecule has 28 heavy (non-hydrogen) atoms. The molecule has 1 aliphatic heterocycles. The molecule has 0 aromatic heterocycles. The molecule has 3 rings (SSSR count). The van der Waals surface area contributed by atoms with E-state index in [0.29, 0.717) is 24.2 Å². The summed E-state index contributed by atoms with van der Waals surface area (Å²) < 4.78 is 33.8. The second kappa shape index (κ2) is 8.97. The molecule has 1 amide bonds. The minimum absolute atomic E-state index is 0.0695. The normalized spacial score (nSPS) is 20.2. The second-order valence-corrected chi connectivity index (χ2v) is 8.57. The lowest BCUT2D eigenvalue weighted by Gasteiger charge is -2.28. The Morgan fingerprint density at radius 2 is 1.89 bits per heavy atom. The fraction of sp³-hybridized carbons (Fsp3) is 0.300. The van der Waals surface area contributed by atoms with E-state index in [2.05, 4.69) is 14.7 Å². The lowest BCUT2D eigenvalue weighted by Crippen LogP contribution is -2.47. The highest BCUT2D eigenvalue weighted by Crippen LogP contribution is 2.20. The van der Waals surface area contributed by atoms with Crippen molar-refractivity contribution in [1.82, 2.24) is 9.62 Å². The highest BCUT2D eigenvalue weighted by Gasteiger charge is 2.28. The molecular weight excluding hydrogens is 379 g/mol. The number of aliphatic imine (C=N–C) groups is 1. The molecule has 0 spiro atoms. The number of nitrogens with one attached hydrogen (secondary N) is 1. The van der Waals surface area contributed by atoms with Crippen LogP contribution in [0, 0.1) is 5.82 Å². The van der Waals surface area contributed by atoms with E-state index in [0.717, 1.165) is 12.8 Å². The third-order valence-corrected chi connectivity index (χ3v) is 6.73. The van der Waals surface area contributed by atoms with Crippen molar-refractivity contribution in [3.05, 3.63) is 71.5 Å². The highest BCUT2D eigenvalue weighted by molar-refractivity contribution is 7.91. The standard InChI is InChI=1S/C20H23FN4O2S/c1-22-20(24-19(26)16-9-3-2-4-10-16)25-14-8-7-13-23-28(25,27)15-17-11-5-6-12-18(17)21/h2-6,9-12H,7-8,13-15H2,1H3,(H,22,24,26). The van der Waals surface area contributed by atoms with E-state index in [1.54, 1.807) is 42.5 Å². The van der Waals surface area contributed by atoms with Crippen LogP contribution in [0.1, 0.15) is 28.8 Å². The number of carbonyl (C=O) groups is 1. The fourth-order valence-corrected chi connectivity index (χ4v) is 5.21. The monoisotopic (exact) mass is 402 g/mol. The number of halogens is 1. The van der Waals surface area contributed by atoms with Crippen molar-refractivity contribution in [2.75, 3.05) is 20.1 Å². The topological polar surface area (TPSA) is 74.1 Å². The third-order valence-electron chi connectivity index (χ3n) is 4.42. The van der Waals surface area contributed by atoms with E-state index in [1.165, 1.54) is 17.4 Å². The molecule has 1 aliphatic rings. The van der Waals surface area contributed by atoms with Gasteiger partial charge < -0.3 is 0 Å².